The lowest BCUT2D eigenvalue weighted by molar-refractivity contribution is -0.134. The van der Waals surface area contributed by atoms with Crippen molar-refractivity contribution in [2.45, 2.75) is 25.1 Å². The van der Waals surface area contributed by atoms with Crippen LogP contribution >= 0.6 is 23.5 Å². The van der Waals surface area contributed by atoms with Gasteiger partial charge in [-0.25, -0.2) is 9.80 Å². The van der Waals surface area contributed by atoms with Gasteiger partial charge in [0.2, 0.25) is 9.37 Å². The molecule has 2 heterocycles. The summed E-state index contributed by atoms with van der Waals surface area (Å²) in [7, 11) is 0. The standard InChI is InChI=1S/C28H25N3O3S2/c1-4-34-27(33)25-29-31(23-16-12-20(3)13-17-23)28(36-25)30(22-8-6-5-7-9-22)26(32)24(35-28)18-21-14-10-19(2)11-15-21/h5-18H,4H2,1-3H3/b24-18-/t28-/m1/s1. The molecule has 0 aromatic heterocycles. The summed E-state index contributed by atoms with van der Waals surface area (Å²) < 4.78 is 4.21. The first-order valence-electron chi connectivity index (χ1n) is 11.6. The van der Waals surface area contributed by atoms with Gasteiger partial charge in [0.05, 0.1) is 17.2 Å². The molecule has 1 saturated heterocycles. The van der Waals surface area contributed by atoms with E-state index in [1.807, 2.05) is 98.8 Å². The summed E-state index contributed by atoms with van der Waals surface area (Å²) in [6, 6.07) is 25.4. The average molecular weight is 516 g/mol. The molecule has 6 nitrogen and oxygen atoms in total. The number of esters is 1. The highest BCUT2D eigenvalue weighted by molar-refractivity contribution is 8.29. The maximum Gasteiger partial charge on any atom is 0.365 e. The maximum atomic E-state index is 14.0. The predicted molar refractivity (Wildman–Crippen MR) is 149 cm³/mol. The molecule has 36 heavy (non-hydrogen) atoms. The summed E-state index contributed by atoms with van der Waals surface area (Å²) in [6.45, 7) is 6.04. The van der Waals surface area contributed by atoms with Crippen LogP contribution in [0.25, 0.3) is 6.08 Å². The van der Waals surface area contributed by atoms with E-state index in [-0.39, 0.29) is 17.6 Å². The lowest BCUT2D eigenvalue weighted by Gasteiger charge is -2.38. The Kier molecular flexibility index (Phi) is 6.64. The van der Waals surface area contributed by atoms with Gasteiger partial charge >= 0.3 is 5.97 Å². The second kappa shape index (κ2) is 9.87. The Hall–Kier alpha value is -3.49. The Bertz CT molecular complexity index is 1360. The van der Waals surface area contributed by atoms with Gasteiger partial charge in [-0.15, -0.1) is 0 Å². The molecule has 1 atom stereocenters. The van der Waals surface area contributed by atoms with E-state index >= 15 is 0 Å². The monoisotopic (exact) mass is 515 g/mol. The van der Waals surface area contributed by atoms with E-state index in [2.05, 4.69) is 0 Å². The zero-order valence-corrected chi connectivity index (χ0v) is 21.8. The van der Waals surface area contributed by atoms with E-state index in [9.17, 15) is 9.59 Å². The Morgan fingerprint density at radius 1 is 0.917 bits per heavy atom. The van der Waals surface area contributed by atoms with Crippen molar-refractivity contribution in [2.75, 3.05) is 16.5 Å². The van der Waals surface area contributed by atoms with Crippen molar-refractivity contribution < 1.29 is 14.3 Å². The van der Waals surface area contributed by atoms with E-state index < -0.39 is 10.3 Å². The molecule has 3 aromatic rings. The van der Waals surface area contributed by atoms with Crippen LogP contribution in [-0.4, -0.2) is 27.9 Å². The third-order valence-corrected chi connectivity index (χ3v) is 8.44. The molecule has 1 spiro atoms. The minimum atomic E-state index is -1.08. The van der Waals surface area contributed by atoms with Gasteiger partial charge in [-0.3, -0.25) is 9.69 Å². The first-order valence-corrected chi connectivity index (χ1v) is 13.2. The summed E-state index contributed by atoms with van der Waals surface area (Å²) in [4.78, 5) is 29.1. The number of anilines is 2. The highest BCUT2D eigenvalue weighted by atomic mass is 32.2. The van der Waals surface area contributed by atoms with E-state index in [0.29, 0.717) is 10.6 Å². The highest BCUT2D eigenvalue weighted by Crippen LogP contribution is 2.59. The zero-order valence-electron chi connectivity index (χ0n) is 20.2. The Morgan fingerprint density at radius 2 is 1.56 bits per heavy atom. The van der Waals surface area contributed by atoms with Gasteiger partial charge in [-0.2, -0.15) is 5.10 Å². The molecule has 0 aliphatic carbocycles. The summed E-state index contributed by atoms with van der Waals surface area (Å²) >= 11 is 2.61. The number of para-hydroxylation sites is 1. The molecule has 0 N–H and O–H groups in total. The van der Waals surface area contributed by atoms with Crippen molar-refractivity contribution in [1.82, 2.24) is 0 Å². The molecule has 5 rings (SSSR count). The average Bonchev–Trinajstić information content (AvgIpc) is 3.39. The molecule has 2 aliphatic heterocycles. The highest BCUT2D eigenvalue weighted by Gasteiger charge is 2.60. The van der Waals surface area contributed by atoms with Gasteiger partial charge in [0, 0.05) is 5.69 Å². The summed E-state index contributed by atoms with van der Waals surface area (Å²) in [5.74, 6) is -0.662. The minimum Gasteiger partial charge on any atom is -0.461 e. The molecule has 0 unspecified atom stereocenters. The SMILES string of the molecule is CCOC(=O)C1=NN(c2ccc(C)cc2)[C@@]2(S1)S/C(=C\c1ccc(C)cc1)C(=O)N2c1ccccc1. The predicted octanol–water partition coefficient (Wildman–Crippen LogP) is 6.17. The van der Waals surface area contributed by atoms with Gasteiger partial charge in [0.25, 0.3) is 5.91 Å². The van der Waals surface area contributed by atoms with Crippen molar-refractivity contribution in [2.24, 2.45) is 5.10 Å². The fourth-order valence-corrected chi connectivity index (χ4v) is 6.84. The van der Waals surface area contributed by atoms with Crippen LogP contribution in [0.1, 0.15) is 23.6 Å². The second-order valence-electron chi connectivity index (χ2n) is 8.42. The van der Waals surface area contributed by atoms with Crippen LogP contribution in [-0.2, 0) is 14.3 Å². The van der Waals surface area contributed by atoms with Crippen molar-refractivity contribution in [3.05, 3.63) is 100 Å². The Balaban J connectivity index is 1.66. The lowest BCUT2D eigenvalue weighted by Crippen LogP contribution is -2.51. The third kappa shape index (κ3) is 4.42. The number of rotatable bonds is 5. The van der Waals surface area contributed by atoms with Crippen LogP contribution in [0, 0.1) is 13.8 Å². The lowest BCUT2D eigenvalue weighted by atomic mass is 10.1. The van der Waals surface area contributed by atoms with Crippen molar-refractivity contribution >= 4 is 57.9 Å². The van der Waals surface area contributed by atoms with Gasteiger partial charge in [0.1, 0.15) is 0 Å². The number of benzene rings is 3. The Labute approximate surface area is 219 Å². The van der Waals surface area contributed by atoms with E-state index in [1.54, 1.807) is 16.8 Å². The van der Waals surface area contributed by atoms with Crippen LogP contribution in [0.2, 0.25) is 0 Å². The molecular formula is C28H25N3O3S2. The number of hydrogen-bond acceptors (Lipinski definition) is 7. The summed E-state index contributed by atoms with van der Waals surface area (Å²) in [5.41, 5.74) is 4.66. The topological polar surface area (TPSA) is 62.2 Å². The van der Waals surface area contributed by atoms with Crippen LogP contribution in [0.15, 0.2) is 88.9 Å². The van der Waals surface area contributed by atoms with Crippen LogP contribution in [0.3, 0.4) is 0 Å². The van der Waals surface area contributed by atoms with Crippen molar-refractivity contribution in [1.29, 1.82) is 0 Å². The first-order chi connectivity index (χ1) is 17.4. The number of carbonyl (C=O) groups is 2. The second-order valence-corrected chi connectivity index (χ2v) is 11.1. The number of thioether (sulfide) groups is 2. The fraction of sp³-hybridized carbons (Fsp3) is 0.179. The molecule has 182 valence electrons. The quantitative estimate of drug-likeness (QED) is 0.299. The fourth-order valence-electron chi connectivity index (χ4n) is 3.96. The first kappa shape index (κ1) is 24.2. The molecule has 0 saturated carbocycles. The number of hydrogen-bond donors (Lipinski definition) is 0. The molecule has 1 amide bonds. The van der Waals surface area contributed by atoms with Crippen LogP contribution in [0.5, 0.6) is 0 Å². The number of nitrogens with zero attached hydrogens (tertiary/aromatic N) is 3. The van der Waals surface area contributed by atoms with Crippen molar-refractivity contribution in [3.63, 3.8) is 0 Å². The number of ether oxygens (including phenoxy) is 1. The number of aryl methyl sites for hydroxylation is 2. The van der Waals surface area contributed by atoms with Gasteiger partial charge in [-0.05, 0) is 68.4 Å². The zero-order chi connectivity index (χ0) is 25.3. The third-order valence-electron chi connectivity index (χ3n) is 5.75. The van der Waals surface area contributed by atoms with E-state index in [4.69, 9.17) is 9.84 Å². The van der Waals surface area contributed by atoms with Gasteiger partial charge < -0.3 is 4.74 Å². The largest absolute Gasteiger partial charge is 0.461 e. The molecule has 8 heteroatoms. The van der Waals surface area contributed by atoms with Gasteiger partial charge in [-0.1, -0.05) is 77.5 Å². The summed E-state index contributed by atoms with van der Waals surface area (Å²) in [5, 5.41) is 6.66. The normalized spacial score (nSPS) is 20.4. The smallest absolute Gasteiger partial charge is 0.365 e. The van der Waals surface area contributed by atoms with E-state index in [1.165, 1.54) is 23.5 Å². The molecule has 0 bridgehead atoms. The molecule has 0 radical (unpaired) electrons. The molecule has 3 aromatic carbocycles. The van der Waals surface area contributed by atoms with E-state index in [0.717, 1.165) is 22.4 Å². The molecule has 1 fully saturated rings. The maximum absolute atomic E-state index is 14.0. The van der Waals surface area contributed by atoms with Crippen molar-refractivity contribution in [3.8, 4) is 0 Å². The van der Waals surface area contributed by atoms with Crippen LogP contribution < -0.4 is 9.91 Å². The Morgan fingerprint density at radius 3 is 2.19 bits per heavy atom. The molecular weight excluding hydrogens is 490 g/mol. The minimum absolute atomic E-state index is 0.156. The number of hydrazone groups is 1. The van der Waals surface area contributed by atoms with Crippen LogP contribution in [0.4, 0.5) is 11.4 Å². The number of carbonyl (C=O) groups excluding carboxylic acids is 2. The van der Waals surface area contributed by atoms with Gasteiger partial charge in [0.15, 0.2) is 0 Å². The summed E-state index contributed by atoms with van der Waals surface area (Å²) in [6.07, 6.45) is 1.90. The molecule has 2 aliphatic rings. The number of amides is 1.